The molecule has 0 unspecified atom stereocenters. The van der Waals surface area contributed by atoms with Gasteiger partial charge in [0.25, 0.3) is 5.91 Å². The van der Waals surface area contributed by atoms with Gasteiger partial charge in [0.1, 0.15) is 0 Å². The lowest BCUT2D eigenvalue weighted by molar-refractivity contribution is 0.0689. The molecule has 0 spiro atoms. The molecule has 1 aliphatic rings. The molecule has 0 aliphatic carbocycles. The molecule has 0 bridgehead atoms. The minimum Gasteiger partial charge on any atom is -0.478 e. The normalized spacial score (nSPS) is 15.1. The molecule has 0 radical (unpaired) electrons. The minimum atomic E-state index is -0.877. The number of carbonyl (C=O) groups excluding carboxylic acids is 1. The van der Waals surface area contributed by atoms with Gasteiger partial charge >= 0.3 is 5.97 Å². The van der Waals surface area contributed by atoms with Gasteiger partial charge < -0.3 is 10.0 Å². The van der Waals surface area contributed by atoms with Crippen LogP contribution in [-0.4, -0.2) is 44.8 Å². The lowest BCUT2D eigenvalue weighted by atomic mass is 9.88. The quantitative estimate of drug-likeness (QED) is 0.754. The first-order valence-electron chi connectivity index (χ1n) is 10.6. The number of hydrogen-bond donors (Lipinski definition) is 1. The second-order valence-corrected chi connectivity index (χ2v) is 7.96. The van der Waals surface area contributed by atoms with Gasteiger partial charge in [0.05, 0.1) is 23.4 Å². The van der Waals surface area contributed by atoms with Gasteiger partial charge in [0, 0.05) is 18.8 Å². The van der Waals surface area contributed by atoms with Crippen LogP contribution in [0.25, 0.3) is 0 Å². The van der Waals surface area contributed by atoms with Crippen molar-refractivity contribution < 1.29 is 14.7 Å². The molecular formula is C23H31N3O3. The molecule has 2 aromatic rings. The molecule has 6 heteroatoms. The average Bonchev–Trinajstić information content (AvgIpc) is 3.10. The van der Waals surface area contributed by atoms with Crippen molar-refractivity contribution >= 4 is 11.9 Å². The van der Waals surface area contributed by atoms with Crippen molar-refractivity contribution in [2.24, 2.45) is 5.92 Å². The molecule has 0 saturated carbocycles. The van der Waals surface area contributed by atoms with E-state index in [4.69, 9.17) is 0 Å². The van der Waals surface area contributed by atoms with E-state index in [0.717, 1.165) is 43.4 Å². The van der Waals surface area contributed by atoms with Crippen molar-refractivity contribution in [2.45, 2.75) is 58.9 Å². The largest absolute Gasteiger partial charge is 0.478 e. The Hall–Kier alpha value is -2.63. The summed E-state index contributed by atoms with van der Waals surface area (Å²) in [6.07, 6.45) is 6.23. The summed E-state index contributed by atoms with van der Waals surface area (Å²) in [7, 11) is 0. The smallest absolute Gasteiger partial charge is 0.335 e. The maximum absolute atomic E-state index is 13.0. The number of likely N-dealkylation sites (tertiary alicyclic amines) is 1. The van der Waals surface area contributed by atoms with Gasteiger partial charge in [0.15, 0.2) is 0 Å². The maximum atomic E-state index is 13.0. The van der Waals surface area contributed by atoms with Crippen LogP contribution < -0.4 is 0 Å². The summed E-state index contributed by atoms with van der Waals surface area (Å²) in [6, 6.07) is 7.54. The van der Waals surface area contributed by atoms with Crippen LogP contribution in [0, 0.1) is 12.8 Å². The number of nitrogens with zero attached hydrogens (tertiary/aromatic N) is 3. The van der Waals surface area contributed by atoms with Gasteiger partial charge in [-0.3, -0.25) is 9.48 Å². The number of benzene rings is 1. The minimum absolute atomic E-state index is 0.0593. The Morgan fingerprint density at radius 3 is 2.41 bits per heavy atom. The molecule has 1 saturated heterocycles. The summed E-state index contributed by atoms with van der Waals surface area (Å²) in [5, 5.41) is 13.9. The van der Waals surface area contributed by atoms with E-state index in [1.54, 1.807) is 18.3 Å². The fraction of sp³-hybridized carbons (Fsp3) is 0.522. The van der Waals surface area contributed by atoms with Gasteiger partial charge in [-0.2, -0.15) is 5.10 Å². The molecule has 3 rings (SSSR count). The van der Waals surface area contributed by atoms with E-state index in [1.807, 2.05) is 28.6 Å². The molecule has 1 N–H and O–H groups in total. The highest BCUT2D eigenvalue weighted by Crippen LogP contribution is 2.26. The van der Waals surface area contributed by atoms with Crippen molar-refractivity contribution in [3.8, 4) is 0 Å². The van der Waals surface area contributed by atoms with Crippen LogP contribution in [-0.2, 0) is 6.42 Å². The van der Waals surface area contributed by atoms with Crippen LogP contribution in [0.15, 0.2) is 30.5 Å². The van der Waals surface area contributed by atoms with E-state index < -0.39 is 5.97 Å². The van der Waals surface area contributed by atoms with E-state index in [1.165, 1.54) is 0 Å². The third-order valence-corrected chi connectivity index (χ3v) is 6.22. The van der Waals surface area contributed by atoms with Crippen LogP contribution in [0.4, 0.5) is 0 Å². The predicted molar refractivity (Wildman–Crippen MR) is 112 cm³/mol. The Morgan fingerprint density at radius 2 is 1.79 bits per heavy atom. The molecule has 156 valence electrons. The van der Waals surface area contributed by atoms with Crippen molar-refractivity contribution in [1.82, 2.24) is 14.7 Å². The zero-order valence-corrected chi connectivity index (χ0v) is 17.6. The molecule has 6 nitrogen and oxygen atoms in total. The SMILES string of the molecule is CCC(CC)n1ncc(C(=O)N2CCC(Cc3ccccc3C(=O)O)CC2)c1C. The molecule has 0 atom stereocenters. The Kier molecular flexibility index (Phi) is 6.72. The molecule has 1 aromatic heterocycles. The van der Waals surface area contributed by atoms with E-state index >= 15 is 0 Å². The van der Waals surface area contributed by atoms with Crippen LogP contribution >= 0.6 is 0 Å². The predicted octanol–water partition coefficient (Wildman–Crippen LogP) is 4.35. The summed E-state index contributed by atoms with van der Waals surface area (Å²) in [5.74, 6) is -0.421. The highest BCUT2D eigenvalue weighted by molar-refractivity contribution is 5.95. The van der Waals surface area contributed by atoms with Gasteiger partial charge in [0.2, 0.25) is 0 Å². The number of aromatic carboxylic acids is 1. The second kappa shape index (κ2) is 9.25. The van der Waals surface area contributed by atoms with E-state index in [0.29, 0.717) is 36.2 Å². The van der Waals surface area contributed by atoms with Gasteiger partial charge in [-0.15, -0.1) is 0 Å². The van der Waals surface area contributed by atoms with E-state index in [2.05, 4.69) is 18.9 Å². The topological polar surface area (TPSA) is 75.4 Å². The third kappa shape index (κ3) is 4.52. The monoisotopic (exact) mass is 397 g/mol. The molecule has 1 fully saturated rings. The third-order valence-electron chi connectivity index (χ3n) is 6.22. The Bertz CT molecular complexity index is 862. The van der Waals surface area contributed by atoms with Crippen molar-refractivity contribution in [2.75, 3.05) is 13.1 Å². The zero-order valence-electron chi connectivity index (χ0n) is 17.6. The number of carboxylic acid groups (broad SMARTS) is 1. The number of carboxylic acids is 1. The molecule has 1 aliphatic heterocycles. The standard InChI is InChI=1S/C23H31N3O3/c1-4-19(5-2)26-16(3)21(15-24-26)22(27)25-12-10-17(11-13-25)14-18-8-6-7-9-20(18)23(28)29/h6-9,15,17,19H,4-5,10-14H2,1-3H3,(H,28,29). The van der Waals surface area contributed by atoms with Crippen LogP contribution in [0.1, 0.15) is 77.5 Å². The summed E-state index contributed by atoms with van der Waals surface area (Å²) >= 11 is 0. The summed E-state index contributed by atoms with van der Waals surface area (Å²) in [6.45, 7) is 7.67. The lowest BCUT2D eigenvalue weighted by Gasteiger charge is -2.32. The molecule has 29 heavy (non-hydrogen) atoms. The number of piperidine rings is 1. The van der Waals surface area contributed by atoms with Crippen LogP contribution in [0.5, 0.6) is 0 Å². The van der Waals surface area contributed by atoms with Crippen LogP contribution in [0.3, 0.4) is 0 Å². The van der Waals surface area contributed by atoms with Crippen LogP contribution in [0.2, 0.25) is 0 Å². The summed E-state index contributed by atoms with van der Waals surface area (Å²) < 4.78 is 1.99. The maximum Gasteiger partial charge on any atom is 0.335 e. The molecular weight excluding hydrogens is 366 g/mol. The van der Waals surface area contributed by atoms with Gasteiger partial charge in [-0.05, 0) is 56.6 Å². The van der Waals surface area contributed by atoms with Gasteiger partial charge in [-0.1, -0.05) is 32.0 Å². The lowest BCUT2D eigenvalue weighted by Crippen LogP contribution is -2.39. The second-order valence-electron chi connectivity index (χ2n) is 7.96. The van der Waals surface area contributed by atoms with E-state index in [-0.39, 0.29) is 5.91 Å². The fourth-order valence-corrected chi connectivity index (χ4v) is 4.36. The number of hydrogen-bond acceptors (Lipinski definition) is 3. The number of carbonyl (C=O) groups is 2. The fourth-order valence-electron chi connectivity index (χ4n) is 4.36. The Labute approximate surface area is 172 Å². The molecule has 1 amide bonds. The van der Waals surface area contributed by atoms with E-state index in [9.17, 15) is 14.7 Å². The number of rotatable bonds is 7. The first-order valence-corrected chi connectivity index (χ1v) is 10.6. The van der Waals surface area contributed by atoms with Gasteiger partial charge in [-0.25, -0.2) is 4.79 Å². The Morgan fingerprint density at radius 1 is 1.14 bits per heavy atom. The Balaban J connectivity index is 1.63. The first-order chi connectivity index (χ1) is 14.0. The summed E-state index contributed by atoms with van der Waals surface area (Å²) in [4.78, 5) is 26.4. The van der Waals surface area contributed by atoms with Crippen molar-refractivity contribution in [3.63, 3.8) is 0 Å². The van der Waals surface area contributed by atoms with Crippen molar-refractivity contribution in [1.29, 1.82) is 0 Å². The number of aromatic nitrogens is 2. The van der Waals surface area contributed by atoms with Crippen molar-refractivity contribution in [3.05, 3.63) is 52.8 Å². The highest BCUT2D eigenvalue weighted by Gasteiger charge is 2.27. The first kappa shape index (κ1) is 21.1. The highest BCUT2D eigenvalue weighted by atomic mass is 16.4. The number of amides is 1. The summed E-state index contributed by atoms with van der Waals surface area (Å²) in [5.41, 5.74) is 2.91. The molecule has 2 heterocycles. The zero-order chi connectivity index (χ0) is 21.0. The molecule has 1 aromatic carbocycles. The average molecular weight is 398 g/mol.